The first-order chi connectivity index (χ1) is 16.8. The third kappa shape index (κ3) is 10.9. The second kappa shape index (κ2) is 15.2. The maximum absolute atomic E-state index is 12.2. The first kappa shape index (κ1) is 31.9. The maximum atomic E-state index is 12.2. The fourth-order valence-electron chi connectivity index (χ4n) is 4.08. The van der Waals surface area contributed by atoms with Gasteiger partial charge >= 0.3 is 6.09 Å². The van der Waals surface area contributed by atoms with Crippen LogP contribution >= 0.6 is 0 Å². The van der Waals surface area contributed by atoms with E-state index in [1.807, 2.05) is 32.0 Å². The molecule has 11 heteroatoms. The fraction of sp³-hybridized carbons (Fsp3) is 0.720. The van der Waals surface area contributed by atoms with Crippen molar-refractivity contribution in [3.05, 3.63) is 23.8 Å². The predicted molar refractivity (Wildman–Crippen MR) is 139 cm³/mol. The van der Waals surface area contributed by atoms with Gasteiger partial charge in [-0.05, 0) is 56.2 Å². The van der Waals surface area contributed by atoms with Crippen molar-refractivity contribution in [3.63, 3.8) is 0 Å². The van der Waals surface area contributed by atoms with Gasteiger partial charge in [0.1, 0.15) is 0 Å². The molecule has 0 bridgehead atoms. The Morgan fingerprint density at radius 1 is 1.11 bits per heavy atom. The Kier molecular flexibility index (Phi) is 13.5. The average Bonchev–Trinajstić information content (AvgIpc) is 2.77. The minimum atomic E-state index is -3.57. The van der Waals surface area contributed by atoms with E-state index in [1.54, 1.807) is 28.1 Å². The lowest BCUT2D eigenvalue weighted by atomic mass is 9.83. The Morgan fingerprint density at radius 3 is 2.28 bits per heavy atom. The summed E-state index contributed by atoms with van der Waals surface area (Å²) in [7, 11) is -0.358. The zero-order valence-corrected chi connectivity index (χ0v) is 23.4. The summed E-state index contributed by atoms with van der Waals surface area (Å²) in [5, 5.41) is 22.7. The number of aliphatic hydroxyl groups excluding tert-OH is 1. The Labute approximate surface area is 216 Å². The van der Waals surface area contributed by atoms with Crippen LogP contribution in [0, 0.1) is 11.8 Å². The minimum Gasteiger partial charge on any atom is -0.493 e. The second-order valence-electron chi connectivity index (χ2n) is 9.67. The van der Waals surface area contributed by atoms with Gasteiger partial charge in [0, 0.05) is 32.7 Å². The van der Waals surface area contributed by atoms with Crippen LogP contribution in [-0.2, 0) is 21.2 Å². The standard InChI is InChI=1S/C25H44N2O8S/c1-17(2)20(13-19-9-10-23(34-6)24(14-19)35-12-8-11-33-5)15-21(26-25(29)30)22(28)16-27(18(3)4)36(7,31)32/h9-10,14,17-18,20-22,26,28H,8,11-13,15-16H2,1-7H3,(H,29,30)/t20?,21?,22-/m0/s1. The number of ether oxygens (including phenoxy) is 3. The lowest BCUT2D eigenvalue weighted by Crippen LogP contribution is -2.51. The van der Waals surface area contributed by atoms with Crippen molar-refractivity contribution in [2.75, 3.05) is 40.2 Å². The Morgan fingerprint density at radius 2 is 1.78 bits per heavy atom. The van der Waals surface area contributed by atoms with Crippen LogP contribution in [0.15, 0.2) is 18.2 Å². The SMILES string of the molecule is COCCCOc1cc(CC(CC(NC(=O)O)[C@@H](O)CN(C(C)C)S(C)(=O)=O)C(C)C)ccc1OC. The minimum absolute atomic E-state index is 0.00281. The van der Waals surface area contributed by atoms with E-state index >= 15 is 0 Å². The van der Waals surface area contributed by atoms with E-state index in [2.05, 4.69) is 5.32 Å². The molecule has 0 heterocycles. The maximum Gasteiger partial charge on any atom is 0.404 e. The molecule has 3 atom stereocenters. The number of amides is 1. The van der Waals surface area contributed by atoms with E-state index in [4.69, 9.17) is 14.2 Å². The molecule has 0 fully saturated rings. The summed E-state index contributed by atoms with van der Waals surface area (Å²) in [5.74, 6) is 1.40. The van der Waals surface area contributed by atoms with Gasteiger partial charge in [-0.1, -0.05) is 19.9 Å². The highest BCUT2D eigenvalue weighted by Crippen LogP contribution is 2.31. The van der Waals surface area contributed by atoms with E-state index < -0.39 is 28.3 Å². The van der Waals surface area contributed by atoms with Gasteiger partial charge in [0.25, 0.3) is 0 Å². The number of hydrogen-bond acceptors (Lipinski definition) is 7. The molecule has 1 aromatic rings. The third-order valence-electron chi connectivity index (χ3n) is 6.12. The Balaban J connectivity index is 3.09. The van der Waals surface area contributed by atoms with Crippen molar-refractivity contribution in [3.8, 4) is 11.5 Å². The van der Waals surface area contributed by atoms with Gasteiger partial charge in [0.2, 0.25) is 10.0 Å². The predicted octanol–water partition coefficient (Wildman–Crippen LogP) is 2.98. The van der Waals surface area contributed by atoms with Crippen molar-refractivity contribution < 1.29 is 37.6 Å². The summed E-state index contributed by atoms with van der Waals surface area (Å²) in [5.41, 5.74) is 0.986. The number of carboxylic acid groups (broad SMARTS) is 1. The molecule has 0 aromatic heterocycles. The summed E-state index contributed by atoms with van der Waals surface area (Å²) < 4.78 is 41.9. The lowest BCUT2D eigenvalue weighted by molar-refractivity contribution is 0.0811. The second-order valence-corrected chi connectivity index (χ2v) is 11.6. The number of benzene rings is 1. The van der Waals surface area contributed by atoms with E-state index in [9.17, 15) is 23.4 Å². The van der Waals surface area contributed by atoms with Crippen LogP contribution in [0.2, 0.25) is 0 Å². The van der Waals surface area contributed by atoms with Crippen LogP contribution in [0.4, 0.5) is 4.79 Å². The molecule has 0 aliphatic rings. The molecule has 0 aliphatic carbocycles. The van der Waals surface area contributed by atoms with Crippen LogP contribution in [0.1, 0.15) is 46.1 Å². The van der Waals surface area contributed by atoms with Gasteiger partial charge in [-0.15, -0.1) is 0 Å². The molecule has 1 aromatic carbocycles. The molecule has 3 N–H and O–H groups in total. The molecule has 0 aliphatic heterocycles. The van der Waals surface area contributed by atoms with Crippen LogP contribution in [0.3, 0.4) is 0 Å². The lowest BCUT2D eigenvalue weighted by Gasteiger charge is -2.33. The zero-order valence-electron chi connectivity index (χ0n) is 22.6. The van der Waals surface area contributed by atoms with Crippen LogP contribution < -0.4 is 14.8 Å². The monoisotopic (exact) mass is 532 g/mol. The first-order valence-corrected chi connectivity index (χ1v) is 14.1. The highest BCUT2D eigenvalue weighted by molar-refractivity contribution is 7.88. The van der Waals surface area contributed by atoms with Crippen LogP contribution in [-0.4, -0.2) is 87.5 Å². The number of carbonyl (C=O) groups is 1. The normalized spacial score (nSPS) is 14.6. The number of rotatable bonds is 17. The van der Waals surface area contributed by atoms with Crippen molar-refractivity contribution in [1.29, 1.82) is 0 Å². The molecule has 0 spiro atoms. The molecular weight excluding hydrogens is 488 g/mol. The fourth-order valence-corrected chi connectivity index (χ4v) is 5.27. The van der Waals surface area contributed by atoms with Crippen LogP contribution in [0.25, 0.3) is 0 Å². The van der Waals surface area contributed by atoms with E-state index in [0.29, 0.717) is 37.6 Å². The number of methoxy groups -OCH3 is 2. The van der Waals surface area contributed by atoms with Crippen LogP contribution in [0.5, 0.6) is 11.5 Å². The van der Waals surface area contributed by atoms with Gasteiger partial charge in [-0.2, -0.15) is 4.31 Å². The van der Waals surface area contributed by atoms with E-state index in [-0.39, 0.29) is 24.4 Å². The highest BCUT2D eigenvalue weighted by atomic mass is 32.2. The summed E-state index contributed by atoms with van der Waals surface area (Å²) in [4.78, 5) is 11.5. The van der Waals surface area contributed by atoms with E-state index in [0.717, 1.165) is 18.2 Å². The summed E-state index contributed by atoms with van der Waals surface area (Å²) >= 11 is 0. The molecule has 0 saturated carbocycles. The number of aliphatic hydroxyl groups is 1. The van der Waals surface area contributed by atoms with Gasteiger partial charge in [-0.25, -0.2) is 13.2 Å². The molecule has 36 heavy (non-hydrogen) atoms. The number of nitrogens with one attached hydrogen (secondary N) is 1. The highest BCUT2D eigenvalue weighted by Gasteiger charge is 2.31. The summed E-state index contributed by atoms with van der Waals surface area (Å²) in [6.45, 7) is 8.37. The molecule has 0 saturated heterocycles. The molecule has 1 amide bonds. The molecular formula is C25H44N2O8S. The Hall–Kier alpha value is -2.08. The zero-order chi connectivity index (χ0) is 27.5. The van der Waals surface area contributed by atoms with Crippen molar-refractivity contribution in [1.82, 2.24) is 9.62 Å². The topological polar surface area (TPSA) is 135 Å². The number of hydrogen-bond donors (Lipinski definition) is 3. The average molecular weight is 533 g/mol. The van der Waals surface area contributed by atoms with Gasteiger partial charge < -0.3 is 29.7 Å². The third-order valence-corrected chi connectivity index (χ3v) is 7.54. The largest absolute Gasteiger partial charge is 0.493 e. The molecule has 208 valence electrons. The van der Waals surface area contributed by atoms with Crippen molar-refractivity contribution in [2.24, 2.45) is 11.8 Å². The molecule has 0 radical (unpaired) electrons. The quantitative estimate of drug-likeness (QED) is 0.261. The van der Waals surface area contributed by atoms with Crippen molar-refractivity contribution in [2.45, 2.75) is 65.1 Å². The molecule has 10 nitrogen and oxygen atoms in total. The molecule has 2 unspecified atom stereocenters. The summed E-state index contributed by atoms with van der Waals surface area (Å²) in [6.07, 6.45) is 0.273. The van der Waals surface area contributed by atoms with Gasteiger partial charge in [0.05, 0.1) is 32.1 Å². The first-order valence-electron chi connectivity index (χ1n) is 12.2. The van der Waals surface area contributed by atoms with Crippen molar-refractivity contribution >= 4 is 16.1 Å². The van der Waals surface area contributed by atoms with Gasteiger partial charge in [0.15, 0.2) is 11.5 Å². The van der Waals surface area contributed by atoms with Gasteiger partial charge in [-0.3, -0.25) is 0 Å². The number of sulfonamides is 1. The van der Waals surface area contributed by atoms with E-state index in [1.165, 1.54) is 4.31 Å². The molecule has 1 rings (SSSR count). The smallest absolute Gasteiger partial charge is 0.404 e. The summed E-state index contributed by atoms with van der Waals surface area (Å²) in [6, 6.07) is 4.48. The number of nitrogens with zero attached hydrogens (tertiary/aromatic N) is 1. The Bertz CT molecular complexity index is 907.